The highest BCUT2D eigenvalue weighted by molar-refractivity contribution is 8.26. The highest BCUT2D eigenvalue weighted by atomic mass is 32.2. The summed E-state index contributed by atoms with van der Waals surface area (Å²) in [5, 5.41) is 12.0. The number of ether oxygens (including phenoxy) is 1. The molecule has 2 saturated heterocycles. The van der Waals surface area contributed by atoms with Crippen molar-refractivity contribution in [2.45, 2.75) is 46.0 Å². The summed E-state index contributed by atoms with van der Waals surface area (Å²) in [6.45, 7) is 7.01. The molecule has 0 atom stereocenters. The van der Waals surface area contributed by atoms with E-state index in [0.29, 0.717) is 53.7 Å². The van der Waals surface area contributed by atoms with Crippen molar-refractivity contribution in [1.29, 1.82) is 0 Å². The number of nitro benzene ring substituents is 1. The molecule has 1 amide bonds. The number of thioether (sulfide) groups is 1. The van der Waals surface area contributed by atoms with E-state index in [1.54, 1.807) is 11.0 Å². The van der Waals surface area contributed by atoms with E-state index in [1.165, 1.54) is 37.4 Å². The van der Waals surface area contributed by atoms with Gasteiger partial charge in [0.15, 0.2) is 0 Å². The number of morpholine rings is 1. The van der Waals surface area contributed by atoms with Crippen LogP contribution >= 0.6 is 24.0 Å². The molecule has 3 heterocycles. The van der Waals surface area contributed by atoms with Crippen LogP contribution in [0.5, 0.6) is 0 Å². The zero-order valence-electron chi connectivity index (χ0n) is 21.3. The largest absolute Gasteiger partial charge is 0.378 e. The van der Waals surface area contributed by atoms with Crippen LogP contribution in [-0.2, 0) is 9.53 Å². The molecule has 3 aliphatic rings. The number of thiocarbonyl (C=S) groups is 1. The van der Waals surface area contributed by atoms with Gasteiger partial charge in [-0.25, -0.2) is 0 Å². The quantitative estimate of drug-likeness (QED) is 0.195. The van der Waals surface area contributed by atoms with Crippen molar-refractivity contribution in [2.75, 3.05) is 37.7 Å². The molecule has 0 N–H and O–H groups in total. The fourth-order valence-electron chi connectivity index (χ4n) is 5.64. The lowest BCUT2D eigenvalue weighted by atomic mass is 10.0. The van der Waals surface area contributed by atoms with Crippen LogP contribution in [0, 0.1) is 29.9 Å². The molecular weight excluding hydrogens is 508 g/mol. The summed E-state index contributed by atoms with van der Waals surface area (Å²) < 4.78 is 8.03. The molecule has 1 aromatic heterocycles. The third kappa shape index (κ3) is 5.32. The Labute approximate surface area is 226 Å². The van der Waals surface area contributed by atoms with E-state index in [-0.39, 0.29) is 16.5 Å². The van der Waals surface area contributed by atoms with E-state index < -0.39 is 0 Å². The van der Waals surface area contributed by atoms with Crippen molar-refractivity contribution in [1.82, 2.24) is 9.47 Å². The standard InChI is InChI=1S/C27H32N4O4S2/c1-18-15-21(16-25-26(32)29(27(36)37-25)10-9-20-5-3-4-6-20)19(2)30(18)22-7-8-23(24(17-22)31(33)34)28-11-13-35-14-12-28/h7-8,15-17,20H,3-6,9-14H2,1-2H3/b25-16-. The van der Waals surface area contributed by atoms with Gasteiger partial charge in [-0.3, -0.25) is 19.8 Å². The molecule has 3 fully saturated rings. The van der Waals surface area contributed by atoms with Crippen molar-refractivity contribution < 1.29 is 14.5 Å². The number of anilines is 1. The van der Waals surface area contributed by atoms with Gasteiger partial charge >= 0.3 is 0 Å². The minimum absolute atomic E-state index is 0.0247. The summed E-state index contributed by atoms with van der Waals surface area (Å²) in [5.74, 6) is 0.676. The van der Waals surface area contributed by atoms with Crippen LogP contribution in [0.2, 0.25) is 0 Å². The Morgan fingerprint density at radius 1 is 1.19 bits per heavy atom. The van der Waals surface area contributed by atoms with Gasteiger partial charge < -0.3 is 14.2 Å². The van der Waals surface area contributed by atoms with Crippen LogP contribution in [0.1, 0.15) is 49.1 Å². The van der Waals surface area contributed by atoms with Gasteiger partial charge in [-0.15, -0.1) is 0 Å². The average Bonchev–Trinajstić information content (AvgIpc) is 3.57. The van der Waals surface area contributed by atoms with Crippen molar-refractivity contribution in [3.8, 4) is 5.69 Å². The minimum Gasteiger partial charge on any atom is -0.378 e. The maximum absolute atomic E-state index is 13.2. The highest BCUT2D eigenvalue weighted by Gasteiger charge is 2.33. The maximum atomic E-state index is 13.2. The number of carbonyl (C=O) groups is 1. The SMILES string of the molecule is Cc1cc(/C=C2\SC(=S)N(CCC3CCCC3)C2=O)c(C)n1-c1ccc(N2CCOCC2)c([N+](=O)[O-])c1. The summed E-state index contributed by atoms with van der Waals surface area (Å²) in [6.07, 6.45) is 8.00. The third-order valence-electron chi connectivity index (χ3n) is 7.63. The molecule has 5 rings (SSSR count). The Kier molecular flexibility index (Phi) is 7.69. The number of amides is 1. The van der Waals surface area contributed by atoms with E-state index in [2.05, 4.69) is 0 Å². The number of rotatable bonds is 7. The number of aryl methyl sites for hydroxylation is 1. The predicted molar refractivity (Wildman–Crippen MR) is 151 cm³/mol. The molecule has 1 aliphatic carbocycles. The Morgan fingerprint density at radius 3 is 2.62 bits per heavy atom. The van der Waals surface area contributed by atoms with Crippen molar-refractivity contribution in [2.24, 2.45) is 5.92 Å². The van der Waals surface area contributed by atoms with Crippen LogP contribution in [0.25, 0.3) is 11.8 Å². The number of hydrogen-bond donors (Lipinski definition) is 0. The Hall–Kier alpha value is -2.69. The first-order valence-electron chi connectivity index (χ1n) is 12.9. The fraction of sp³-hybridized carbons (Fsp3) is 0.481. The van der Waals surface area contributed by atoms with Gasteiger partial charge in [0.2, 0.25) is 0 Å². The van der Waals surface area contributed by atoms with Crippen molar-refractivity contribution >= 4 is 51.7 Å². The van der Waals surface area contributed by atoms with Gasteiger partial charge in [0.25, 0.3) is 11.6 Å². The molecule has 0 bridgehead atoms. The monoisotopic (exact) mass is 540 g/mol. The lowest BCUT2D eigenvalue weighted by Crippen LogP contribution is -2.36. The number of aromatic nitrogens is 1. The molecule has 2 aromatic rings. The Bertz CT molecular complexity index is 1260. The first kappa shape index (κ1) is 25.9. The molecule has 10 heteroatoms. The van der Waals surface area contributed by atoms with Crippen LogP contribution in [0.15, 0.2) is 29.2 Å². The lowest BCUT2D eigenvalue weighted by molar-refractivity contribution is -0.384. The van der Waals surface area contributed by atoms with Crippen molar-refractivity contribution in [3.63, 3.8) is 0 Å². The first-order valence-corrected chi connectivity index (χ1v) is 14.1. The summed E-state index contributed by atoms with van der Waals surface area (Å²) in [6, 6.07) is 7.40. The lowest BCUT2D eigenvalue weighted by Gasteiger charge is -2.28. The van der Waals surface area contributed by atoms with Gasteiger partial charge in [0.1, 0.15) is 10.0 Å². The molecule has 196 valence electrons. The van der Waals surface area contributed by atoms with E-state index >= 15 is 0 Å². The molecule has 2 aliphatic heterocycles. The summed E-state index contributed by atoms with van der Waals surface area (Å²) >= 11 is 6.90. The molecule has 0 radical (unpaired) electrons. The van der Waals surface area contributed by atoms with Gasteiger partial charge in [0, 0.05) is 37.1 Å². The maximum Gasteiger partial charge on any atom is 0.294 e. The first-order chi connectivity index (χ1) is 17.8. The smallest absolute Gasteiger partial charge is 0.294 e. The summed E-state index contributed by atoms with van der Waals surface area (Å²) in [5.41, 5.74) is 4.18. The second-order valence-electron chi connectivity index (χ2n) is 9.96. The van der Waals surface area contributed by atoms with Crippen LogP contribution < -0.4 is 4.90 Å². The molecule has 0 spiro atoms. The van der Waals surface area contributed by atoms with Gasteiger partial charge in [-0.2, -0.15) is 0 Å². The second kappa shape index (κ2) is 11.0. The molecule has 0 unspecified atom stereocenters. The molecule has 1 saturated carbocycles. The normalized spacial score (nSPS) is 20.0. The molecular formula is C27H32N4O4S2. The fourth-order valence-corrected chi connectivity index (χ4v) is 6.94. The molecule has 8 nitrogen and oxygen atoms in total. The topological polar surface area (TPSA) is 80.9 Å². The Balaban J connectivity index is 1.40. The highest BCUT2D eigenvalue weighted by Crippen LogP contribution is 2.37. The van der Waals surface area contributed by atoms with Crippen molar-refractivity contribution in [3.05, 3.63) is 56.2 Å². The molecule has 37 heavy (non-hydrogen) atoms. The average molecular weight is 541 g/mol. The number of nitrogens with zero attached hydrogens (tertiary/aromatic N) is 4. The van der Waals surface area contributed by atoms with Gasteiger partial charge in [-0.05, 0) is 56.0 Å². The number of nitro groups is 1. The van der Waals surface area contributed by atoms with Gasteiger partial charge in [-0.1, -0.05) is 49.7 Å². The summed E-state index contributed by atoms with van der Waals surface area (Å²) in [7, 11) is 0. The number of hydrogen-bond acceptors (Lipinski definition) is 7. The zero-order chi connectivity index (χ0) is 26.1. The van der Waals surface area contributed by atoms with Crippen LogP contribution in [-0.4, -0.2) is 57.5 Å². The van der Waals surface area contributed by atoms with E-state index in [0.717, 1.165) is 29.1 Å². The molecule has 1 aromatic carbocycles. The van der Waals surface area contributed by atoms with Crippen LogP contribution in [0.3, 0.4) is 0 Å². The summed E-state index contributed by atoms with van der Waals surface area (Å²) in [4.78, 5) is 29.2. The number of carbonyl (C=O) groups excluding carboxylic acids is 1. The van der Waals surface area contributed by atoms with E-state index in [1.807, 2.05) is 47.6 Å². The third-order valence-corrected chi connectivity index (χ3v) is 9.01. The van der Waals surface area contributed by atoms with E-state index in [9.17, 15) is 14.9 Å². The predicted octanol–water partition coefficient (Wildman–Crippen LogP) is 5.62. The second-order valence-corrected chi connectivity index (χ2v) is 11.6. The minimum atomic E-state index is -0.319. The Morgan fingerprint density at radius 2 is 1.92 bits per heavy atom. The van der Waals surface area contributed by atoms with E-state index in [4.69, 9.17) is 17.0 Å². The zero-order valence-corrected chi connectivity index (χ0v) is 22.9. The number of benzene rings is 1. The van der Waals surface area contributed by atoms with Gasteiger partial charge in [0.05, 0.1) is 28.7 Å². The van der Waals surface area contributed by atoms with Crippen LogP contribution in [0.4, 0.5) is 11.4 Å².